The highest BCUT2D eigenvalue weighted by Gasteiger charge is 2.13. The molecule has 0 saturated heterocycles. The number of aliphatic hydroxyl groups excluding tert-OH is 1. The van der Waals surface area contributed by atoms with Crippen molar-refractivity contribution in [3.63, 3.8) is 0 Å². The van der Waals surface area contributed by atoms with Crippen LogP contribution in [0.5, 0.6) is 0 Å². The molecule has 3 rings (SSSR count). The fraction of sp³-hybridized carbons (Fsp3) is 0.143. The van der Waals surface area contributed by atoms with Crippen LogP contribution < -0.4 is 10.6 Å². The number of urea groups is 1. The number of para-hydroxylation sites is 1. The van der Waals surface area contributed by atoms with E-state index in [2.05, 4.69) is 15.6 Å². The molecule has 0 unspecified atom stereocenters. The summed E-state index contributed by atoms with van der Waals surface area (Å²) in [5, 5.41) is 15.3. The van der Waals surface area contributed by atoms with Gasteiger partial charge in [0.2, 0.25) is 0 Å². The van der Waals surface area contributed by atoms with Crippen LogP contribution in [0.15, 0.2) is 79.1 Å². The molecule has 1 heterocycles. The minimum Gasteiger partial charge on any atom is -0.394 e. The summed E-state index contributed by atoms with van der Waals surface area (Å²) in [5.74, 6) is 0. The predicted molar refractivity (Wildman–Crippen MR) is 103 cm³/mol. The third kappa shape index (κ3) is 4.68. The molecule has 0 bridgehead atoms. The number of hydrogen-bond donors (Lipinski definition) is 3. The molecule has 5 heteroatoms. The van der Waals surface area contributed by atoms with Gasteiger partial charge in [0.1, 0.15) is 0 Å². The number of rotatable bonds is 6. The van der Waals surface area contributed by atoms with Crippen molar-refractivity contribution < 1.29 is 9.90 Å². The number of hydrogen-bond acceptors (Lipinski definition) is 3. The smallest absolute Gasteiger partial charge is 0.319 e. The maximum atomic E-state index is 12.4. The summed E-state index contributed by atoms with van der Waals surface area (Å²) in [7, 11) is 0. The lowest BCUT2D eigenvalue weighted by Crippen LogP contribution is -2.41. The van der Waals surface area contributed by atoms with Crippen molar-refractivity contribution in [2.24, 2.45) is 0 Å². The fourth-order valence-corrected chi connectivity index (χ4v) is 2.78. The second-order valence-corrected chi connectivity index (χ2v) is 5.95. The second-order valence-electron chi connectivity index (χ2n) is 5.95. The molecule has 1 aromatic heterocycles. The van der Waals surface area contributed by atoms with E-state index in [-0.39, 0.29) is 18.7 Å². The van der Waals surface area contributed by atoms with Crippen LogP contribution in [-0.2, 0) is 6.42 Å². The van der Waals surface area contributed by atoms with E-state index in [1.807, 2.05) is 66.7 Å². The number of aromatic nitrogens is 1. The SMILES string of the molecule is O=C(Nc1ccccc1-c1ccncc1)N[C@H](CO)Cc1ccccc1. The number of aliphatic hydroxyl groups is 1. The Morgan fingerprint density at radius 3 is 2.38 bits per heavy atom. The number of pyridine rings is 1. The van der Waals surface area contributed by atoms with E-state index in [0.29, 0.717) is 12.1 Å². The molecule has 26 heavy (non-hydrogen) atoms. The largest absolute Gasteiger partial charge is 0.394 e. The highest BCUT2D eigenvalue weighted by Crippen LogP contribution is 2.27. The van der Waals surface area contributed by atoms with Crippen LogP contribution in [0, 0.1) is 0 Å². The maximum absolute atomic E-state index is 12.4. The molecule has 3 N–H and O–H groups in total. The Morgan fingerprint density at radius 2 is 1.65 bits per heavy atom. The first-order valence-electron chi connectivity index (χ1n) is 8.48. The molecule has 0 fully saturated rings. The molecule has 3 aromatic rings. The molecule has 0 aliphatic rings. The lowest BCUT2D eigenvalue weighted by atomic mass is 10.1. The Balaban J connectivity index is 1.68. The van der Waals surface area contributed by atoms with Crippen LogP contribution in [0.1, 0.15) is 5.56 Å². The average Bonchev–Trinajstić information content (AvgIpc) is 2.69. The van der Waals surface area contributed by atoms with Crippen LogP contribution in [-0.4, -0.2) is 28.8 Å². The molecular formula is C21H21N3O2. The number of carbonyl (C=O) groups is 1. The first-order chi connectivity index (χ1) is 12.8. The van der Waals surface area contributed by atoms with Gasteiger partial charge >= 0.3 is 6.03 Å². The molecular weight excluding hydrogens is 326 g/mol. The molecule has 5 nitrogen and oxygen atoms in total. The maximum Gasteiger partial charge on any atom is 0.319 e. The summed E-state index contributed by atoms with van der Waals surface area (Å²) in [6.45, 7) is -0.131. The zero-order valence-corrected chi connectivity index (χ0v) is 14.3. The van der Waals surface area contributed by atoms with E-state index in [1.165, 1.54) is 0 Å². The van der Waals surface area contributed by atoms with Crippen molar-refractivity contribution in [3.05, 3.63) is 84.7 Å². The van der Waals surface area contributed by atoms with Gasteiger partial charge in [-0.2, -0.15) is 0 Å². The van der Waals surface area contributed by atoms with Gasteiger partial charge in [0.05, 0.1) is 18.3 Å². The molecule has 132 valence electrons. The van der Waals surface area contributed by atoms with Gasteiger partial charge in [0, 0.05) is 18.0 Å². The first-order valence-corrected chi connectivity index (χ1v) is 8.48. The van der Waals surface area contributed by atoms with Crippen LogP contribution in [0.4, 0.5) is 10.5 Å². The van der Waals surface area contributed by atoms with Crippen LogP contribution in [0.2, 0.25) is 0 Å². The number of nitrogens with zero attached hydrogens (tertiary/aromatic N) is 1. The van der Waals surface area contributed by atoms with Crippen LogP contribution in [0.3, 0.4) is 0 Å². The Hall–Kier alpha value is -3.18. The van der Waals surface area contributed by atoms with Gasteiger partial charge < -0.3 is 15.7 Å². The Labute approximate surface area is 152 Å². The molecule has 2 aromatic carbocycles. The number of anilines is 1. The topological polar surface area (TPSA) is 74.2 Å². The number of amides is 2. The predicted octanol–water partition coefficient (Wildman–Crippen LogP) is 3.47. The van der Waals surface area contributed by atoms with Crippen molar-refractivity contribution in [3.8, 4) is 11.1 Å². The van der Waals surface area contributed by atoms with Gasteiger partial charge in [-0.15, -0.1) is 0 Å². The lowest BCUT2D eigenvalue weighted by Gasteiger charge is -2.18. The quantitative estimate of drug-likeness (QED) is 0.639. The van der Waals surface area contributed by atoms with E-state index < -0.39 is 0 Å². The van der Waals surface area contributed by atoms with Crippen molar-refractivity contribution in [1.82, 2.24) is 10.3 Å². The molecule has 0 aliphatic carbocycles. The standard InChI is InChI=1S/C21H21N3O2/c25-15-18(14-16-6-2-1-3-7-16)23-21(26)24-20-9-5-4-8-19(20)17-10-12-22-13-11-17/h1-13,18,25H,14-15H2,(H2,23,24,26)/t18-/m0/s1. The van der Waals surface area contributed by atoms with Crippen molar-refractivity contribution in [1.29, 1.82) is 0 Å². The summed E-state index contributed by atoms with van der Waals surface area (Å²) in [6, 6.07) is 20.4. The van der Waals surface area contributed by atoms with Gasteiger partial charge in [0.15, 0.2) is 0 Å². The van der Waals surface area contributed by atoms with Gasteiger partial charge in [0.25, 0.3) is 0 Å². The van der Waals surface area contributed by atoms with E-state index in [0.717, 1.165) is 16.7 Å². The van der Waals surface area contributed by atoms with Crippen molar-refractivity contribution >= 4 is 11.7 Å². The summed E-state index contributed by atoms with van der Waals surface area (Å²) in [4.78, 5) is 16.4. The molecule has 2 amide bonds. The lowest BCUT2D eigenvalue weighted by molar-refractivity contribution is 0.224. The normalized spacial score (nSPS) is 11.6. The second kappa shape index (κ2) is 8.78. The Bertz CT molecular complexity index is 838. The van der Waals surface area contributed by atoms with Crippen LogP contribution in [0.25, 0.3) is 11.1 Å². The van der Waals surface area contributed by atoms with E-state index >= 15 is 0 Å². The van der Waals surface area contributed by atoms with E-state index in [4.69, 9.17) is 0 Å². The highest BCUT2D eigenvalue weighted by molar-refractivity contribution is 5.94. The Morgan fingerprint density at radius 1 is 0.962 bits per heavy atom. The zero-order chi connectivity index (χ0) is 18.2. The minimum absolute atomic E-state index is 0.131. The van der Waals surface area contributed by atoms with E-state index in [9.17, 15) is 9.90 Å². The fourth-order valence-electron chi connectivity index (χ4n) is 2.78. The monoisotopic (exact) mass is 347 g/mol. The van der Waals surface area contributed by atoms with Crippen LogP contribution >= 0.6 is 0 Å². The van der Waals surface area contributed by atoms with Gasteiger partial charge in [-0.1, -0.05) is 48.5 Å². The number of carbonyl (C=O) groups excluding carboxylic acids is 1. The third-order valence-electron chi connectivity index (χ3n) is 4.05. The molecule has 0 aliphatic heterocycles. The van der Waals surface area contributed by atoms with Gasteiger partial charge in [-0.25, -0.2) is 4.79 Å². The minimum atomic E-state index is -0.356. The van der Waals surface area contributed by atoms with Crippen molar-refractivity contribution in [2.45, 2.75) is 12.5 Å². The summed E-state index contributed by atoms with van der Waals surface area (Å²) in [5.41, 5.74) is 3.64. The zero-order valence-electron chi connectivity index (χ0n) is 14.3. The average molecular weight is 347 g/mol. The molecule has 0 radical (unpaired) electrons. The third-order valence-corrected chi connectivity index (χ3v) is 4.05. The highest BCUT2D eigenvalue weighted by atomic mass is 16.3. The molecule has 1 atom stereocenters. The van der Waals surface area contributed by atoms with Gasteiger partial charge in [-0.05, 0) is 35.7 Å². The summed E-state index contributed by atoms with van der Waals surface area (Å²) < 4.78 is 0. The van der Waals surface area contributed by atoms with Gasteiger partial charge in [-0.3, -0.25) is 4.98 Å². The van der Waals surface area contributed by atoms with Crippen molar-refractivity contribution in [2.75, 3.05) is 11.9 Å². The summed E-state index contributed by atoms with van der Waals surface area (Å²) >= 11 is 0. The number of benzene rings is 2. The summed E-state index contributed by atoms with van der Waals surface area (Å²) in [6.07, 6.45) is 4.00. The van der Waals surface area contributed by atoms with E-state index in [1.54, 1.807) is 12.4 Å². The Kier molecular flexibility index (Phi) is 5.96. The first kappa shape index (κ1) is 17.6. The molecule has 0 saturated carbocycles. The molecule has 0 spiro atoms. The number of nitrogens with one attached hydrogen (secondary N) is 2.